The van der Waals surface area contributed by atoms with Gasteiger partial charge in [-0.2, -0.15) is 12.6 Å². The summed E-state index contributed by atoms with van der Waals surface area (Å²) in [6, 6.07) is 5.29. The number of halogens is 1. The molecule has 4 heterocycles. The van der Waals surface area contributed by atoms with Gasteiger partial charge in [0.05, 0.1) is 16.1 Å². The predicted molar refractivity (Wildman–Crippen MR) is 77.0 cm³/mol. The van der Waals surface area contributed by atoms with E-state index in [9.17, 15) is 0 Å². The van der Waals surface area contributed by atoms with Gasteiger partial charge in [0.2, 0.25) is 0 Å². The van der Waals surface area contributed by atoms with Gasteiger partial charge in [0.15, 0.2) is 0 Å². The van der Waals surface area contributed by atoms with E-state index >= 15 is 0 Å². The number of nitrogens with zero attached hydrogens (tertiary/aromatic N) is 3. The Labute approximate surface area is 119 Å². The number of fused-ring (bicyclic) bond motifs is 2. The zero-order valence-corrected chi connectivity index (χ0v) is 12.1. The first-order valence-electron chi connectivity index (χ1n) is 6.42. The van der Waals surface area contributed by atoms with Crippen LogP contribution in [0.5, 0.6) is 0 Å². The molecule has 0 aliphatic carbocycles. The molecule has 0 radical (unpaired) electrons. The first-order valence-corrected chi connectivity index (χ1v) is 7.31. The fraction of sp³-hybridized carbons (Fsp3) is 0.615. The van der Waals surface area contributed by atoms with Crippen molar-refractivity contribution in [1.29, 1.82) is 0 Å². The van der Waals surface area contributed by atoms with Crippen molar-refractivity contribution in [3.63, 3.8) is 0 Å². The van der Waals surface area contributed by atoms with Crippen LogP contribution in [0.3, 0.4) is 0 Å². The van der Waals surface area contributed by atoms with Crippen LogP contribution in [0.2, 0.25) is 5.02 Å². The van der Waals surface area contributed by atoms with Crippen molar-refractivity contribution in [2.24, 2.45) is 0 Å². The number of pyridine rings is 1. The molecule has 3 unspecified atom stereocenters. The molecular formula is C13H18ClN3S. The minimum atomic E-state index is 0.367. The smallest absolute Gasteiger partial charge is 0.0589 e. The molecule has 2 bridgehead atoms. The highest BCUT2D eigenvalue weighted by atomic mass is 35.5. The van der Waals surface area contributed by atoms with Gasteiger partial charge in [-0.1, -0.05) is 11.6 Å². The summed E-state index contributed by atoms with van der Waals surface area (Å²) in [7, 11) is 0. The lowest BCUT2D eigenvalue weighted by atomic mass is 9.87. The maximum absolute atomic E-state index is 5.85. The summed E-state index contributed by atoms with van der Waals surface area (Å²) in [5.41, 5.74) is 1.11. The highest BCUT2D eigenvalue weighted by Gasteiger charge is 2.44. The third-order valence-electron chi connectivity index (χ3n) is 4.03. The molecule has 0 saturated carbocycles. The zero-order valence-electron chi connectivity index (χ0n) is 10.5. The Morgan fingerprint density at radius 3 is 2.72 bits per heavy atom. The monoisotopic (exact) mass is 283 g/mol. The van der Waals surface area contributed by atoms with E-state index in [1.807, 2.05) is 12.1 Å². The molecule has 3 aliphatic heterocycles. The van der Waals surface area contributed by atoms with Crippen LogP contribution in [0, 0.1) is 0 Å². The molecule has 98 valence electrons. The van der Waals surface area contributed by atoms with E-state index in [1.165, 1.54) is 6.42 Å². The summed E-state index contributed by atoms with van der Waals surface area (Å²) in [5.74, 6) is 0. The topological polar surface area (TPSA) is 19.4 Å². The van der Waals surface area contributed by atoms with Crippen LogP contribution in [0.4, 0.5) is 0 Å². The maximum atomic E-state index is 5.85. The van der Waals surface area contributed by atoms with Gasteiger partial charge in [-0.3, -0.25) is 14.8 Å². The number of piperidine rings is 1. The van der Waals surface area contributed by atoms with E-state index in [0.29, 0.717) is 22.5 Å². The highest BCUT2D eigenvalue weighted by molar-refractivity contribution is 7.80. The SMILES string of the molecule is CC(S)N1CC2CC(C1)N2Cc1ccc(Cl)cn1. The van der Waals surface area contributed by atoms with Crippen LogP contribution in [0.25, 0.3) is 0 Å². The van der Waals surface area contributed by atoms with Gasteiger partial charge in [0.1, 0.15) is 0 Å². The summed E-state index contributed by atoms with van der Waals surface area (Å²) < 4.78 is 0. The van der Waals surface area contributed by atoms with Crippen LogP contribution in [-0.4, -0.2) is 45.3 Å². The van der Waals surface area contributed by atoms with E-state index in [2.05, 4.69) is 34.3 Å². The lowest BCUT2D eigenvalue weighted by molar-refractivity contribution is -0.0771. The summed E-state index contributed by atoms with van der Waals surface area (Å²) in [5, 5.41) is 1.07. The third kappa shape index (κ3) is 2.39. The Bertz CT molecular complexity index is 411. The molecule has 1 aromatic rings. The zero-order chi connectivity index (χ0) is 12.7. The normalized spacial score (nSPS) is 29.9. The minimum absolute atomic E-state index is 0.367. The second-order valence-electron chi connectivity index (χ2n) is 5.27. The van der Waals surface area contributed by atoms with Crippen molar-refractivity contribution in [3.05, 3.63) is 29.0 Å². The van der Waals surface area contributed by atoms with E-state index in [4.69, 9.17) is 11.6 Å². The number of aromatic nitrogens is 1. The molecule has 0 amide bonds. The molecule has 5 heteroatoms. The second kappa shape index (κ2) is 5.00. The molecule has 3 nitrogen and oxygen atoms in total. The quantitative estimate of drug-likeness (QED) is 0.859. The van der Waals surface area contributed by atoms with Crippen molar-refractivity contribution < 1.29 is 0 Å². The Morgan fingerprint density at radius 1 is 1.44 bits per heavy atom. The standard InChI is InChI=1S/C13H18ClN3S/c1-9(18)16-7-12-4-13(8-16)17(12)6-11-3-2-10(14)5-15-11/h2-3,5,9,12-13,18H,4,6-8H2,1H3. The van der Waals surface area contributed by atoms with Gasteiger partial charge in [-0.05, 0) is 25.5 Å². The highest BCUT2D eigenvalue weighted by Crippen LogP contribution is 2.34. The van der Waals surface area contributed by atoms with Crippen LogP contribution in [-0.2, 0) is 6.54 Å². The van der Waals surface area contributed by atoms with Gasteiger partial charge < -0.3 is 0 Å². The lowest BCUT2D eigenvalue weighted by Gasteiger charge is -2.57. The average Bonchev–Trinajstić information content (AvgIpc) is 2.38. The van der Waals surface area contributed by atoms with Crippen molar-refractivity contribution in [3.8, 4) is 0 Å². The number of thiol groups is 1. The molecule has 3 fully saturated rings. The molecule has 18 heavy (non-hydrogen) atoms. The molecule has 0 aromatic carbocycles. The predicted octanol–water partition coefficient (Wildman–Crippen LogP) is 2.27. The Hall–Kier alpha value is -0.290. The van der Waals surface area contributed by atoms with E-state index < -0.39 is 0 Å². The van der Waals surface area contributed by atoms with Crippen molar-refractivity contribution in [2.45, 2.75) is 37.3 Å². The number of rotatable bonds is 3. The molecule has 3 atom stereocenters. The van der Waals surface area contributed by atoms with Crippen LogP contribution < -0.4 is 0 Å². The average molecular weight is 284 g/mol. The minimum Gasteiger partial charge on any atom is -0.289 e. The van der Waals surface area contributed by atoms with Gasteiger partial charge in [0.25, 0.3) is 0 Å². The van der Waals surface area contributed by atoms with Crippen molar-refractivity contribution >= 4 is 24.2 Å². The van der Waals surface area contributed by atoms with Gasteiger partial charge in [-0.15, -0.1) is 0 Å². The molecule has 3 saturated heterocycles. The number of hydrogen-bond acceptors (Lipinski definition) is 4. The first-order chi connectivity index (χ1) is 8.63. The molecule has 1 aromatic heterocycles. The number of hydrogen-bond donors (Lipinski definition) is 1. The summed E-state index contributed by atoms with van der Waals surface area (Å²) in [4.78, 5) is 9.39. The molecule has 3 aliphatic rings. The second-order valence-corrected chi connectivity index (χ2v) is 6.45. The van der Waals surface area contributed by atoms with Crippen molar-refractivity contribution in [2.75, 3.05) is 13.1 Å². The molecule has 0 N–H and O–H groups in total. The van der Waals surface area contributed by atoms with Crippen LogP contribution in [0.1, 0.15) is 19.0 Å². The lowest BCUT2D eigenvalue weighted by Crippen LogP contribution is -2.68. The first kappa shape index (κ1) is 12.7. The van der Waals surface area contributed by atoms with Gasteiger partial charge in [-0.25, -0.2) is 0 Å². The summed E-state index contributed by atoms with van der Waals surface area (Å²) >= 11 is 10.4. The Kier molecular flexibility index (Phi) is 3.54. The van der Waals surface area contributed by atoms with Gasteiger partial charge >= 0.3 is 0 Å². The van der Waals surface area contributed by atoms with E-state index in [-0.39, 0.29) is 0 Å². The maximum Gasteiger partial charge on any atom is 0.0589 e. The molecule has 4 rings (SSSR count). The van der Waals surface area contributed by atoms with E-state index in [0.717, 1.165) is 25.3 Å². The van der Waals surface area contributed by atoms with Crippen molar-refractivity contribution in [1.82, 2.24) is 14.8 Å². The number of piperazine rings is 1. The third-order valence-corrected chi connectivity index (χ3v) is 4.58. The molecule has 0 spiro atoms. The van der Waals surface area contributed by atoms with Gasteiger partial charge in [0, 0.05) is 37.9 Å². The molecular weight excluding hydrogens is 266 g/mol. The largest absolute Gasteiger partial charge is 0.289 e. The Balaban J connectivity index is 1.62. The van der Waals surface area contributed by atoms with Crippen LogP contribution in [0.15, 0.2) is 18.3 Å². The Morgan fingerprint density at radius 2 is 2.17 bits per heavy atom. The van der Waals surface area contributed by atoms with E-state index in [1.54, 1.807) is 6.20 Å². The van der Waals surface area contributed by atoms with Crippen LogP contribution >= 0.6 is 24.2 Å². The summed E-state index contributed by atoms with van der Waals surface area (Å²) in [6.07, 6.45) is 3.05. The summed E-state index contributed by atoms with van der Waals surface area (Å²) in [6.45, 7) is 5.36. The fourth-order valence-corrected chi connectivity index (χ4v) is 3.27. The fourth-order valence-electron chi connectivity index (χ4n) is 2.97.